The molecule has 0 radical (unpaired) electrons. The number of aromatic amines is 1. The predicted octanol–water partition coefficient (Wildman–Crippen LogP) is 4.64. The minimum atomic E-state index is -0.818. The van der Waals surface area contributed by atoms with E-state index in [1.807, 2.05) is 6.92 Å². The number of rotatable bonds is 5. The molecule has 0 fully saturated rings. The number of benzene rings is 2. The third-order valence-corrected chi connectivity index (χ3v) is 5.47. The molecule has 0 saturated carbocycles. The SMILES string of the molecule is CCC(Nc1ncnc2[nH]cnc12)c1cc2cccc(F)c2c(=O)n1-c1cc(F)ccc1F. The van der Waals surface area contributed by atoms with Crippen LogP contribution in [0.4, 0.5) is 19.0 Å². The van der Waals surface area contributed by atoms with Gasteiger partial charge >= 0.3 is 0 Å². The zero-order valence-electron chi connectivity index (χ0n) is 17.3. The van der Waals surface area contributed by atoms with Gasteiger partial charge in [0.05, 0.1) is 23.4 Å². The van der Waals surface area contributed by atoms with Crippen LogP contribution < -0.4 is 10.9 Å². The van der Waals surface area contributed by atoms with Gasteiger partial charge < -0.3 is 10.3 Å². The Morgan fingerprint density at radius 1 is 1.06 bits per heavy atom. The van der Waals surface area contributed by atoms with E-state index in [9.17, 15) is 18.0 Å². The highest BCUT2D eigenvalue weighted by atomic mass is 19.1. The maximum absolute atomic E-state index is 14.8. The Labute approximate surface area is 185 Å². The number of nitrogens with one attached hydrogen (secondary N) is 2. The highest BCUT2D eigenvalue weighted by Crippen LogP contribution is 2.29. The molecular formula is C23H17F3N6O. The topological polar surface area (TPSA) is 88.5 Å². The second-order valence-electron chi connectivity index (χ2n) is 7.44. The zero-order valence-corrected chi connectivity index (χ0v) is 17.3. The van der Waals surface area contributed by atoms with Gasteiger partial charge in [-0.15, -0.1) is 0 Å². The number of H-pyrrole nitrogens is 1. The Balaban J connectivity index is 1.78. The molecule has 0 amide bonds. The van der Waals surface area contributed by atoms with Crippen molar-refractivity contribution in [2.75, 3.05) is 5.32 Å². The molecule has 0 aliphatic carbocycles. The fraction of sp³-hybridized carbons (Fsp3) is 0.130. The van der Waals surface area contributed by atoms with Crippen molar-refractivity contribution in [2.45, 2.75) is 19.4 Å². The number of anilines is 1. The Hall–Kier alpha value is -4.21. The molecule has 3 aromatic heterocycles. The molecule has 1 atom stereocenters. The van der Waals surface area contributed by atoms with E-state index in [2.05, 4.69) is 25.3 Å². The molecule has 0 aliphatic heterocycles. The van der Waals surface area contributed by atoms with E-state index < -0.39 is 29.1 Å². The zero-order chi connectivity index (χ0) is 23.1. The first kappa shape index (κ1) is 20.7. The van der Waals surface area contributed by atoms with E-state index in [0.29, 0.717) is 34.5 Å². The van der Waals surface area contributed by atoms with Crippen molar-refractivity contribution in [1.82, 2.24) is 24.5 Å². The monoisotopic (exact) mass is 450 g/mol. The number of fused-ring (bicyclic) bond motifs is 2. The number of hydrogen-bond donors (Lipinski definition) is 2. The first-order chi connectivity index (χ1) is 16.0. The van der Waals surface area contributed by atoms with Crippen LogP contribution in [0.3, 0.4) is 0 Å². The fourth-order valence-corrected chi connectivity index (χ4v) is 3.92. The molecule has 0 spiro atoms. The summed E-state index contributed by atoms with van der Waals surface area (Å²) in [7, 11) is 0. The lowest BCUT2D eigenvalue weighted by molar-refractivity contribution is 0.583. The highest BCUT2D eigenvalue weighted by Gasteiger charge is 2.23. The van der Waals surface area contributed by atoms with E-state index >= 15 is 0 Å². The van der Waals surface area contributed by atoms with Gasteiger partial charge in [-0.2, -0.15) is 0 Å². The van der Waals surface area contributed by atoms with Crippen LogP contribution in [0.2, 0.25) is 0 Å². The lowest BCUT2D eigenvalue weighted by Gasteiger charge is -2.23. The fourth-order valence-electron chi connectivity index (χ4n) is 3.92. The van der Waals surface area contributed by atoms with E-state index in [1.54, 1.807) is 12.1 Å². The third kappa shape index (κ3) is 3.49. The normalized spacial score (nSPS) is 12.4. The number of imidazole rings is 1. The summed E-state index contributed by atoms with van der Waals surface area (Å²) >= 11 is 0. The summed E-state index contributed by atoms with van der Waals surface area (Å²) < 4.78 is 44.5. The Morgan fingerprint density at radius 2 is 1.91 bits per heavy atom. The summed E-state index contributed by atoms with van der Waals surface area (Å²) in [4.78, 5) is 28.9. The van der Waals surface area contributed by atoms with Gasteiger partial charge in [-0.1, -0.05) is 19.1 Å². The van der Waals surface area contributed by atoms with Gasteiger partial charge in [0.15, 0.2) is 11.5 Å². The average Bonchev–Trinajstić information content (AvgIpc) is 3.29. The van der Waals surface area contributed by atoms with Crippen molar-refractivity contribution in [2.24, 2.45) is 0 Å². The van der Waals surface area contributed by atoms with Gasteiger partial charge in [-0.05, 0) is 36.1 Å². The first-order valence-electron chi connectivity index (χ1n) is 10.2. The lowest BCUT2D eigenvalue weighted by atomic mass is 10.0. The van der Waals surface area contributed by atoms with Gasteiger partial charge in [0, 0.05) is 11.8 Å². The lowest BCUT2D eigenvalue weighted by Crippen LogP contribution is -2.28. The van der Waals surface area contributed by atoms with Crippen molar-refractivity contribution in [3.8, 4) is 5.69 Å². The van der Waals surface area contributed by atoms with Gasteiger partial charge in [-0.25, -0.2) is 28.1 Å². The maximum Gasteiger partial charge on any atom is 0.266 e. The molecule has 166 valence electrons. The molecule has 2 N–H and O–H groups in total. The van der Waals surface area contributed by atoms with Crippen LogP contribution in [0.25, 0.3) is 27.6 Å². The Morgan fingerprint density at radius 3 is 2.73 bits per heavy atom. The summed E-state index contributed by atoms with van der Waals surface area (Å²) in [6, 6.07) is 8.04. The summed E-state index contributed by atoms with van der Waals surface area (Å²) in [5.74, 6) is -1.90. The number of halogens is 3. The second-order valence-corrected chi connectivity index (χ2v) is 7.44. The molecule has 7 nitrogen and oxygen atoms in total. The van der Waals surface area contributed by atoms with Crippen molar-refractivity contribution in [1.29, 1.82) is 0 Å². The average molecular weight is 450 g/mol. The standard InChI is InChI=1S/C23H17F3N6O/c1-2-16(31-22-20-21(28-10-27-20)29-11-30-22)18-8-12-4-3-5-15(26)19(12)23(33)32(18)17-9-13(24)6-7-14(17)25/h3-11,16H,2H2,1H3,(H2,27,28,29,30,31). The molecule has 0 saturated heterocycles. The molecule has 0 aliphatic rings. The van der Waals surface area contributed by atoms with Crippen LogP contribution >= 0.6 is 0 Å². The largest absolute Gasteiger partial charge is 0.360 e. The van der Waals surface area contributed by atoms with Crippen LogP contribution in [-0.4, -0.2) is 24.5 Å². The van der Waals surface area contributed by atoms with Crippen LogP contribution in [0.5, 0.6) is 0 Å². The summed E-state index contributed by atoms with van der Waals surface area (Å²) in [5, 5.41) is 3.35. The van der Waals surface area contributed by atoms with Crippen molar-refractivity contribution < 1.29 is 13.2 Å². The van der Waals surface area contributed by atoms with Gasteiger partial charge in [0.2, 0.25) is 0 Å². The highest BCUT2D eigenvalue weighted by molar-refractivity contribution is 5.84. The second kappa shape index (κ2) is 8.05. The van der Waals surface area contributed by atoms with Gasteiger partial charge in [0.25, 0.3) is 5.56 Å². The molecule has 0 bridgehead atoms. The van der Waals surface area contributed by atoms with Gasteiger partial charge in [0.1, 0.15) is 29.3 Å². The van der Waals surface area contributed by atoms with Crippen LogP contribution in [-0.2, 0) is 0 Å². The number of hydrogen-bond acceptors (Lipinski definition) is 5. The molecular weight excluding hydrogens is 433 g/mol. The van der Waals surface area contributed by atoms with Crippen molar-refractivity contribution in [3.63, 3.8) is 0 Å². The Kier molecular flexibility index (Phi) is 5.04. The molecule has 1 unspecified atom stereocenters. The summed E-state index contributed by atoms with van der Waals surface area (Å²) in [5.41, 5.74) is 0.198. The quantitative estimate of drug-likeness (QED) is 0.407. The minimum absolute atomic E-state index is 0.212. The minimum Gasteiger partial charge on any atom is -0.360 e. The molecule has 33 heavy (non-hydrogen) atoms. The molecule has 5 aromatic rings. The molecule has 10 heteroatoms. The van der Waals surface area contributed by atoms with E-state index in [4.69, 9.17) is 0 Å². The van der Waals surface area contributed by atoms with E-state index in [1.165, 1.54) is 18.7 Å². The summed E-state index contributed by atoms with van der Waals surface area (Å²) in [6.07, 6.45) is 3.26. The third-order valence-electron chi connectivity index (χ3n) is 5.47. The van der Waals surface area contributed by atoms with Gasteiger partial charge in [-0.3, -0.25) is 9.36 Å². The van der Waals surface area contributed by atoms with E-state index in [0.717, 1.165) is 28.8 Å². The molecule has 5 rings (SSSR count). The van der Waals surface area contributed by atoms with Crippen molar-refractivity contribution in [3.05, 3.63) is 88.6 Å². The van der Waals surface area contributed by atoms with Crippen LogP contribution in [0.15, 0.2) is 59.9 Å². The van der Waals surface area contributed by atoms with Crippen LogP contribution in [0.1, 0.15) is 25.1 Å². The van der Waals surface area contributed by atoms with Crippen LogP contribution in [0, 0.1) is 17.5 Å². The summed E-state index contributed by atoms with van der Waals surface area (Å²) in [6.45, 7) is 1.85. The Bertz CT molecular complexity index is 1560. The number of pyridine rings is 1. The molecule has 3 heterocycles. The van der Waals surface area contributed by atoms with Crippen molar-refractivity contribution >= 4 is 27.8 Å². The molecule has 2 aromatic carbocycles. The van der Waals surface area contributed by atoms with E-state index in [-0.39, 0.29) is 11.1 Å². The smallest absolute Gasteiger partial charge is 0.266 e. The predicted molar refractivity (Wildman–Crippen MR) is 118 cm³/mol. The maximum atomic E-state index is 14.8. The first-order valence-corrected chi connectivity index (χ1v) is 10.2. The number of nitrogens with zero attached hydrogens (tertiary/aromatic N) is 4. The number of aromatic nitrogens is 5.